The van der Waals surface area contributed by atoms with E-state index in [1.54, 1.807) is 7.11 Å². The highest BCUT2D eigenvalue weighted by Crippen LogP contribution is 2.23. The number of rotatable bonds is 2. The predicted molar refractivity (Wildman–Crippen MR) is 49.4 cm³/mol. The Hall–Kier alpha value is -0.160. The van der Waals surface area contributed by atoms with Crippen molar-refractivity contribution < 1.29 is 14.6 Å². The van der Waals surface area contributed by atoms with E-state index in [0.717, 1.165) is 6.42 Å². The van der Waals surface area contributed by atoms with E-state index in [9.17, 15) is 5.11 Å². The highest BCUT2D eigenvalue weighted by atomic mass is 16.7. The third-order valence-corrected chi connectivity index (χ3v) is 2.60. The third-order valence-electron chi connectivity index (χ3n) is 2.60. The minimum Gasteiger partial charge on any atom is -0.389 e. The van der Waals surface area contributed by atoms with Crippen LogP contribution in [0.5, 0.6) is 0 Å². The van der Waals surface area contributed by atoms with E-state index < -0.39 is 6.10 Å². The van der Waals surface area contributed by atoms with Gasteiger partial charge in [-0.3, -0.25) is 0 Å². The lowest BCUT2D eigenvalue weighted by Gasteiger charge is -2.40. The Kier molecular flexibility index (Phi) is 3.67. The molecule has 1 N–H and O–H groups in total. The lowest BCUT2D eigenvalue weighted by atomic mass is 9.99. The summed E-state index contributed by atoms with van der Waals surface area (Å²) >= 11 is 0. The maximum absolute atomic E-state index is 9.80. The Morgan fingerprint density at radius 3 is 2.54 bits per heavy atom. The van der Waals surface area contributed by atoms with E-state index in [1.807, 2.05) is 25.9 Å². The molecule has 0 aromatic rings. The summed E-state index contributed by atoms with van der Waals surface area (Å²) in [6.07, 6.45) is -0.0621. The minimum absolute atomic E-state index is 0.119. The summed E-state index contributed by atoms with van der Waals surface area (Å²) in [5.74, 6) is 0. The highest BCUT2D eigenvalue weighted by Gasteiger charge is 2.36. The maximum Gasteiger partial charge on any atom is 0.159 e. The largest absolute Gasteiger partial charge is 0.389 e. The van der Waals surface area contributed by atoms with Gasteiger partial charge in [-0.1, -0.05) is 0 Å². The molecular formula is C9H19NO3. The molecule has 4 atom stereocenters. The summed E-state index contributed by atoms with van der Waals surface area (Å²) in [4.78, 5) is 2.01. The molecule has 0 amide bonds. The number of hydrogen-bond donors (Lipinski definition) is 1. The van der Waals surface area contributed by atoms with Crippen molar-refractivity contribution in [1.82, 2.24) is 4.90 Å². The Bertz CT molecular complexity index is 163. The smallest absolute Gasteiger partial charge is 0.159 e. The molecule has 0 bridgehead atoms. The van der Waals surface area contributed by atoms with E-state index in [0.29, 0.717) is 0 Å². The van der Waals surface area contributed by atoms with E-state index in [1.165, 1.54) is 0 Å². The second-order valence-electron chi connectivity index (χ2n) is 3.76. The lowest BCUT2D eigenvalue weighted by molar-refractivity contribution is -0.224. The van der Waals surface area contributed by atoms with Gasteiger partial charge in [0.05, 0.1) is 12.2 Å². The summed E-state index contributed by atoms with van der Waals surface area (Å²) in [6, 6.07) is 0.119. The molecule has 1 saturated heterocycles. The van der Waals surface area contributed by atoms with Gasteiger partial charge in [-0.2, -0.15) is 0 Å². The fourth-order valence-electron chi connectivity index (χ4n) is 1.69. The molecule has 0 spiro atoms. The minimum atomic E-state index is -0.429. The first-order chi connectivity index (χ1) is 6.06. The van der Waals surface area contributed by atoms with Crippen molar-refractivity contribution in [2.24, 2.45) is 0 Å². The SMILES string of the molecule is CO[C@@H]1C[C@H](N(C)C)[C@H](O)[C@H](C)O1. The monoisotopic (exact) mass is 189 g/mol. The van der Waals surface area contributed by atoms with Gasteiger partial charge >= 0.3 is 0 Å². The molecule has 1 fully saturated rings. The van der Waals surface area contributed by atoms with Gasteiger partial charge in [0.25, 0.3) is 0 Å². The van der Waals surface area contributed by atoms with Crippen LogP contribution in [0.3, 0.4) is 0 Å². The lowest BCUT2D eigenvalue weighted by Crippen LogP contribution is -2.53. The molecular weight excluding hydrogens is 170 g/mol. The summed E-state index contributed by atoms with van der Waals surface area (Å²) in [6.45, 7) is 1.87. The summed E-state index contributed by atoms with van der Waals surface area (Å²) in [5, 5.41) is 9.80. The van der Waals surface area contributed by atoms with Crippen LogP contribution in [-0.2, 0) is 9.47 Å². The molecule has 1 aliphatic rings. The molecule has 1 heterocycles. The van der Waals surface area contributed by atoms with E-state index >= 15 is 0 Å². The normalized spacial score (nSPS) is 41.1. The van der Waals surface area contributed by atoms with Crippen LogP contribution in [-0.4, -0.2) is 55.8 Å². The van der Waals surface area contributed by atoms with Crippen molar-refractivity contribution in [3.8, 4) is 0 Å². The van der Waals surface area contributed by atoms with Crippen LogP contribution in [0.2, 0.25) is 0 Å². The van der Waals surface area contributed by atoms with Gasteiger partial charge in [0, 0.05) is 19.6 Å². The van der Waals surface area contributed by atoms with Crippen molar-refractivity contribution in [3.05, 3.63) is 0 Å². The number of likely N-dealkylation sites (N-methyl/N-ethyl adjacent to an activating group) is 1. The molecule has 0 radical (unpaired) electrons. The number of hydrogen-bond acceptors (Lipinski definition) is 4. The molecule has 1 rings (SSSR count). The van der Waals surface area contributed by atoms with Crippen LogP contribution in [0.15, 0.2) is 0 Å². The molecule has 1 aliphatic heterocycles. The summed E-state index contributed by atoms with van der Waals surface area (Å²) in [7, 11) is 5.54. The van der Waals surface area contributed by atoms with Gasteiger partial charge in [0.2, 0.25) is 0 Å². The first-order valence-electron chi connectivity index (χ1n) is 4.59. The average molecular weight is 189 g/mol. The fourth-order valence-corrected chi connectivity index (χ4v) is 1.69. The maximum atomic E-state index is 9.80. The van der Waals surface area contributed by atoms with Crippen LogP contribution in [0.25, 0.3) is 0 Å². The first kappa shape index (κ1) is 10.9. The van der Waals surface area contributed by atoms with Gasteiger partial charge in [0.15, 0.2) is 6.29 Å². The topological polar surface area (TPSA) is 41.9 Å². The molecule has 0 saturated carbocycles. The van der Waals surface area contributed by atoms with E-state index in [-0.39, 0.29) is 18.4 Å². The zero-order valence-corrected chi connectivity index (χ0v) is 8.73. The fraction of sp³-hybridized carbons (Fsp3) is 1.00. The number of nitrogens with zero attached hydrogens (tertiary/aromatic N) is 1. The zero-order valence-electron chi connectivity index (χ0n) is 8.73. The zero-order chi connectivity index (χ0) is 10.0. The molecule has 0 aromatic carbocycles. The highest BCUT2D eigenvalue weighted by molar-refractivity contribution is 4.85. The van der Waals surface area contributed by atoms with Gasteiger partial charge in [-0.25, -0.2) is 0 Å². The molecule has 0 unspecified atom stereocenters. The van der Waals surface area contributed by atoms with Crippen molar-refractivity contribution in [2.45, 2.75) is 37.9 Å². The number of aliphatic hydroxyl groups is 1. The predicted octanol–water partition coefficient (Wildman–Crippen LogP) is 0.0588. The van der Waals surface area contributed by atoms with E-state index in [2.05, 4.69) is 0 Å². The van der Waals surface area contributed by atoms with Gasteiger partial charge in [0.1, 0.15) is 0 Å². The number of ether oxygens (including phenoxy) is 2. The second-order valence-corrected chi connectivity index (χ2v) is 3.76. The Morgan fingerprint density at radius 1 is 1.46 bits per heavy atom. The molecule has 0 aromatic heterocycles. The molecule has 13 heavy (non-hydrogen) atoms. The van der Waals surface area contributed by atoms with Crippen molar-refractivity contribution in [3.63, 3.8) is 0 Å². The quantitative estimate of drug-likeness (QED) is 0.667. The molecule has 4 nitrogen and oxygen atoms in total. The van der Waals surface area contributed by atoms with Crippen LogP contribution in [0.4, 0.5) is 0 Å². The Labute approximate surface area is 79.4 Å². The number of methoxy groups -OCH3 is 1. The van der Waals surface area contributed by atoms with Gasteiger partial charge in [-0.05, 0) is 21.0 Å². The van der Waals surface area contributed by atoms with Crippen molar-refractivity contribution in [2.75, 3.05) is 21.2 Å². The average Bonchev–Trinajstić information content (AvgIpc) is 2.09. The third kappa shape index (κ3) is 2.40. The van der Waals surface area contributed by atoms with Crippen LogP contribution in [0, 0.1) is 0 Å². The molecule has 4 heteroatoms. The van der Waals surface area contributed by atoms with Crippen molar-refractivity contribution in [1.29, 1.82) is 0 Å². The molecule has 78 valence electrons. The van der Waals surface area contributed by atoms with Crippen LogP contribution < -0.4 is 0 Å². The number of aliphatic hydroxyl groups excluding tert-OH is 1. The van der Waals surface area contributed by atoms with Crippen LogP contribution in [0.1, 0.15) is 13.3 Å². The Morgan fingerprint density at radius 2 is 2.08 bits per heavy atom. The first-order valence-corrected chi connectivity index (χ1v) is 4.59. The Balaban J connectivity index is 2.60. The van der Waals surface area contributed by atoms with Crippen molar-refractivity contribution >= 4 is 0 Å². The standard InChI is InChI=1S/C9H19NO3/c1-6-9(11)7(10(2)3)5-8(12-4)13-6/h6-9,11H,5H2,1-4H3/t6-,7-,8-,9+/m0/s1. The van der Waals surface area contributed by atoms with Gasteiger partial charge in [-0.15, -0.1) is 0 Å². The summed E-state index contributed by atoms with van der Waals surface area (Å²) < 4.78 is 10.6. The second kappa shape index (κ2) is 4.37. The molecule has 0 aliphatic carbocycles. The van der Waals surface area contributed by atoms with Gasteiger partial charge < -0.3 is 19.5 Å². The van der Waals surface area contributed by atoms with E-state index in [4.69, 9.17) is 9.47 Å². The van der Waals surface area contributed by atoms with Crippen LogP contribution >= 0.6 is 0 Å². The summed E-state index contributed by atoms with van der Waals surface area (Å²) in [5.41, 5.74) is 0.